The van der Waals surface area contributed by atoms with Crippen LogP contribution in [0.4, 0.5) is 0 Å². The third-order valence-electron chi connectivity index (χ3n) is 1.11. The fourth-order valence-electron chi connectivity index (χ4n) is 0.420. The van der Waals surface area contributed by atoms with E-state index in [9.17, 15) is 4.79 Å². The molecule has 60 valence electrons. The van der Waals surface area contributed by atoms with E-state index in [0.29, 0.717) is 13.0 Å². The Labute approximate surface area is 61.7 Å². The summed E-state index contributed by atoms with van der Waals surface area (Å²) in [7, 11) is 0. The number of hydrogen-bond donors (Lipinski definition) is 1. The van der Waals surface area contributed by atoms with E-state index in [1.165, 1.54) is 0 Å². The van der Waals surface area contributed by atoms with Gasteiger partial charge in [-0.3, -0.25) is 9.63 Å². The average molecular weight is 145 g/mol. The lowest BCUT2D eigenvalue weighted by molar-refractivity contribution is -0.133. The molecular weight excluding hydrogens is 130 g/mol. The molecule has 0 aliphatic rings. The maximum atomic E-state index is 10.5. The van der Waals surface area contributed by atoms with E-state index < -0.39 is 0 Å². The molecule has 0 saturated heterocycles. The summed E-state index contributed by atoms with van der Waals surface area (Å²) in [6.45, 7) is 4.48. The van der Waals surface area contributed by atoms with Crippen LogP contribution in [0, 0.1) is 0 Å². The second kappa shape index (κ2) is 6.55. The van der Waals surface area contributed by atoms with Crippen molar-refractivity contribution >= 4 is 5.91 Å². The van der Waals surface area contributed by atoms with Gasteiger partial charge in [-0.2, -0.15) is 0 Å². The standard InChI is InChI=1S/C7H15NO2/c1-3-5-6-10-8-7(9)4-2/h3-6H2,1-2H3,(H,8,9). The first-order chi connectivity index (χ1) is 4.81. The molecular formula is C7H15NO2. The molecule has 0 aromatic rings. The summed E-state index contributed by atoms with van der Waals surface area (Å²) in [5.74, 6) is -0.0592. The Bertz CT molecular complexity index is 93.6. The van der Waals surface area contributed by atoms with Gasteiger partial charge in [0, 0.05) is 6.42 Å². The highest BCUT2D eigenvalue weighted by molar-refractivity contribution is 5.74. The summed E-state index contributed by atoms with van der Waals surface area (Å²) in [4.78, 5) is 15.4. The summed E-state index contributed by atoms with van der Waals surface area (Å²) < 4.78 is 0. The van der Waals surface area contributed by atoms with E-state index >= 15 is 0 Å². The molecule has 0 heterocycles. The van der Waals surface area contributed by atoms with Crippen LogP contribution in [0.25, 0.3) is 0 Å². The zero-order chi connectivity index (χ0) is 7.82. The van der Waals surface area contributed by atoms with Crippen LogP contribution < -0.4 is 5.48 Å². The molecule has 1 amide bonds. The van der Waals surface area contributed by atoms with Gasteiger partial charge in [-0.05, 0) is 6.42 Å². The molecule has 10 heavy (non-hydrogen) atoms. The van der Waals surface area contributed by atoms with Crippen LogP contribution in [0.5, 0.6) is 0 Å². The molecule has 0 spiro atoms. The molecule has 0 fully saturated rings. The van der Waals surface area contributed by atoms with Crippen molar-refractivity contribution in [3.8, 4) is 0 Å². The van der Waals surface area contributed by atoms with Crippen molar-refractivity contribution in [2.24, 2.45) is 0 Å². The average Bonchev–Trinajstić information content (AvgIpc) is 1.98. The summed E-state index contributed by atoms with van der Waals surface area (Å²) in [6.07, 6.45) is 2.55. The predicted molar refractivity (Wildman–Crippen MR) is 39.3 cm³/mol. The van der Waals surface area contributed by atoms with Crippen molar-refractivity contribution in [3.05, 3.63) is 0 Å². The van der Waals surface area contributed by atoms with Crippen LogP contribution in [0.3, 0.4) is 0 Å². The normalized spacial score (nSPS) is 9.40. The Kier molecular flexibility index (Phi) is 6.18. The first-order valence-electron chi connectivity index (χ1n) is 3.71. The Hall–Kier alpha value is -0.570. The minimum absolute atomic E-state index is 0.0592. The largest absolute Gasteiger partial charge is 0.274 e. The molecule has 0 radical (unpaired) electrons. The molecule has 0 saturated carbocycles. The monoisotopic (exact) mass is 145 g/mol. The van der Waals surface area contributed by atoms with Gasteiger partial charge in [0.25, 0.3) is 0 Å². The van der Waals surface area contributed by atoms with Crippen LogP contribution in [0.1, 0.15) is 33.1 Å². The number of hydrogen-bond acceptors (Lipinski definition) is 2. The first-order valence-corrected chi connectivity index (χ1v) is 3.71. The molecule has 0 bridgehead atoms. The second-order valence-electron chi connectivity index (χ2n) is 2.08. The smallest absolute Gasteiger partial charge is 0.243 e. The van der Waals surface area contributed by atoms with Gasteiger partial charge in [-0.25, -0.2) is 5.48 Å². The van der Waals surface area contributed by atoms with E-state index in [2.05, 4.69) is 12.4 Å². The molecule has 0 unspecified atom stereocenters. The highest BCUT2D eigenvalue weighted by Gasteiger charge is 1.93. The van der Waals surface area contributed by atoms with Crippen molar-refractivity contribution in [1.82, 2.24) is 5.48 Å². The fourth-order valence-corrected chi connectivity index (χ4v) is 0.420. The van der Waals surface area contributed by atoms with E-state index in [4.69, 9.17) is 4.84 Å². The van der Waals surface area contributed by atoms with Crippen LogP contribution in [0.2, 0.25) is 0 Å². The first kappa shape index (κ1) is 9.43. The molecule has 3 heteroatoms. The van der Waals surface area contributed by atoms with E-state index in [1.54, 1.807) is 6.92 Å². The fraction of sp³-hybridized carbons (Fsp3) is 0.857. The van der Waals surface area contributed by atoms with Gasteiger partial charge in [-0.15, -0.1) is 0 Å². The molecule has 1 N–H and O–H groups in total. The summed E-state index contributed by atoms with van der Waals surface area (Å²) in [5.41, 5.74) is 2.33. The van der Waals surface area contributed by atoms with Gasteiger partial charge in [0.2, 0.25) is 5.91 Å². The van der Waals surface area contributed by atoms with Crippen LogP contribution in [-0.4, -0.2) is 12.5 Å². The van der Waals surface area contributed by atoms with Crippen molar-refractivity contribution < 1.29 is 9.63 Å². The quantitative estimate of drug-likeness (QED) is 0.467. The highest BCUT2D eigenvalue weighted by atomic mass is 16.6. The summed E-state index contributed by atoms with van der Waals surface area (Å²) in [6, 6.07) is 0. The van der Waals surface area contributed by atoms with Crippen LogP contribution in [0.15, 0.2) is 0 Å². The van der Waals surface area contributed by atoms with Crippen LogP contribution >= 0.6 is 0 Å². The zero-order valence-corrected chi connectivity index (χ0v) is 6.64. The van der Waals surface area contributed by atoms with Gasteiger partial charge in [0.1, 0.15) is 0 Å². The maximum absolute atomic E-state index is 10.5. The Morgan fingerprint density at radius 1 is 1.50 bits per heavy atom. The van der Waals surface area contributed by atoms with Gasteiger partial charge < -0.3 is 0 Å². The summed E-state index contributed by atoms with van der Waals surface area (Å²) in [5, 5.41) is 0. The Balaban J connectivity index is 2.96. The Morgan fingerprint density at radius 2 is 2.20 bits per heavy atom. The molecule has 3 nitrogen and oxygen atoms in total. The van der Waals surface area contributed by atoms with E-state index in [0.717, 1.165) is 12.8 Å². The van der Waals surface area contributed by atoms with Crippen molar-refractivity contribution in [2.75, 3.05) is 6.61 Å². The number of carbonyl (C=O) groups excluding carboxylic acids is 1. The van der Waals surface area contributed by atoms with Crippen molar-refractivity contribution in [3.63, 3.8) is 0 Å². The molecule has 0 aromatic carbocycles. The minimum Gasteiger partial charge on any atom is -0.274 e. The predicted octanol–water partition coefficient (Wildman–Crippen LogP) is 1.24. The molecule has 0 aromatic heterocycles. The van der Waals surface area contributed by atoms with E-state index in [1.807, 2.05) is 0 Å². The minimum atomic E-state index is -0.0592. The number of unbranched alkanes of at least 4 members (excludes halogenated alkanes) is 1. The van der Waals surface area contributed by atoms with Crippen molar-refractivity contribution in [2.45, 2.75) is 33.1 Å². The van der Waals surface area contributed by atoms with Gasteiger partial charge in [0.15, 0.2) is 0 Å². The van der Waals surface area contributed by atoms with Crippen LogP contribution in [-0.2, 0) is 9.63 Å². The second-order valence-corrected chi connectivity index (χ2v) is 2.08. The van der Waals surface area contributed by atoms with Gasteiger partial charge in [-0.1, -0.05) is 20.3 Å². The van der Waals surface area contributed by atoms with Crippen molar-refractivity contribution in [1.29, 1.82) is 0 Å². The molecule has 0 aliphatic carbocycles. The third-order valence-corrected chi connectivity index (χ3v) is 1.11. The summed E-state index contributed by atoms with van der Waals surface area (Å²) >= 11 is 0. The zero-order valence-electron chi connectivity index (χ0n) is 6.64. The lowest BCUT2D eigenvalue weighted by atomic mass is 10.4. The number of carbonyl (C=O) groups is 1. The number of rotatable bonds is 5. The SMILES string of the molecule is CCCCONC(=O)CC. The number of nitrogens with one attached hydrogen (secondary N) is 1. The third kappa shape index (κ3) is 5.56. The molecule has 0 rings (SSSR count). The lowest BCUT2D eigenvalue weighted by Gasteiger charge is -2.01. The number of amides is 1. The lowest BCUT2D eigenvalue weighted by Crippen LogP contribution is -2.22. The Morgan fingerprint density at radius 3 is 2.70 bits per heavy atom. The molecule has 0 atom stereocenters. The highest BCUT2D eigenvalue weighted by Crippen LogP contribution is 1.85. The topological polar surface area (TPSA) is 38.3 Å². The van der Waals surface area contributed by atoms with Gasteiger partial charge >= 0.3 is 0 Å². The molecule has 0 aliphatic heterocycles. The van der Waals surface area contributed by atoms with Gasteiger partial charge in [0.05, 0.1) is 6.61 Å². The van der Waals surface area contributed by atoms with E-state index in [-0.39, 0.29) is 5.91 Å². The number of hydroxylamine groups is 1. The maximum Gasteiger partial charge on any atom is 0.243 e.